The van der Waals surface area contributed by atoms with E-state index in [-0.39, 0.29) is 12.5 Å². The molecular formula is C15H25N3O2. The monoisotopic (exact) mass is 279 g/mol. The summed E-state index contributed by atoms with van der Waals surface area (Å²) in [5.74, 6) is 0.00229. The van der Waals surface area contributed by atoms with Crippen molar-refractivity contribution < 1.29 is 9.90 Å². The van der Waals surface area contributed by atoms with Gasteiger partial charge in [0, 0.05) is 30.4 Å². The van der Waals surface area contributed by atoms with E-state index in [4.69, 9.17) is 10.8 Å². The van der Waals surface area contributed by atoms with Gasteiger partial charge in [-0.05, 0) is 51.1 Å². The zero-order chi connectivity index (χ0) is 15.0. The van der Waals surface area contributed by atoms with Gasteiger partial charge >= 0.3 is 0 Å². The zero-order valence-corrected chi connectivity index (χ0v) is 12.3. The first-order valence-corrected chi connectivity index (χ1v) is 7.03. The minimum Gasteiger partial charge on any atom is -0.399 e. The van der Waals surface area contributed by atoms with Crippen LogP contribution in [0.2, 0.25) is 0 Å². The van der Waals surface area contributed by atoms with E-state index in [0.29, 0.717) is 24.7 Å². The standard InChI is InChI=1S/C15H25N3O2/c1-12(2)18(10-11-19)9-3-4-15(20)17-14-7-5-13(16)6-8-14/h5-8,12,19H,3-4,9-11,16H2,1-2H3,(H,17,20). The number of nitrogens with zero attached hydrogens (tertiary/aromatic N) is 1. The van der Waals surface area contributed by atoms with E-state index in [2.05, 4.69) is 24.1 Å². The molecule has 0 radical (unpaired) electrons. The lowest BCUT2D eigenvalue weighted by atomic mass is 10.2. The number of rotatable bonds is 8. The number of nitrogen functional groups attached to an aromatic ring is 1. The molecule has 0 aliphatic carbocycles. The van der Waals surface area contributed by atoms with E-state index in [1.807, 2.05) is 0 Å². The van der Waals surface area contributed by atoms with Crippen molar-refractivity contribution in [3.8, 4) is 0 Å². The van der Waals surface area contributed by atoms with Crippen molar-refractivity contribution >= 4 is 17.3 Å². The summed E-state index contributed by atoms with van der Waals surface area (Å²) in [5, 5.41) is 11.8. The number of hydrogen-bond acceptors (Lipinski definition) is 4. The molecule has 1 aromatic carbocycles. The van der Waals surface area contributed by atoms with E-state index in [1.54, 1.807) is 24.3 Å². The Labute approximate surface area is 120 Å². The maximum atomic E-state index is 11.8. The van der Waals surface area contributed by atoms with E-state index in [0.717, 1.165) is 18.7 Å². The summed E-state index contributed by atoms with van der Waals surface area (Å²) >= 11 is 0. The molecule has 20 heavy (non-hydrogen) atoms. The van der Waals surface area contributed by atoms with Gasteiger partial charge in [0.2, 0.25) is 5.91 Å². The third-order valence-corrected chi connectivity index (χ3v) is 3.16. The molecule has 0 spiro atoms. The van der Waals surface area contributed by atoms with Gasteiger partial charge in [0.25, 0.3) is 0 Å². The lowest BCUT2D eigenvalue weighted by Crippen LogP contribution is -2.34. The first kappa shape index (κ1) is 16.5. The molecule has 0 unspecified atom stereocenters. The summed E-state index contributed by atoms with van der Waals surface area (Å²) in [6.07, 6.45) is 1.25. The van der Waals surface area contributed by atoms with Gasteiger partial charge in [0.15, 0.2) is 0 Å². The largest absolute Gasteiger partial charge is 0.399 e. The Kier molecular flexibility index (Phi) is 7.04. The fourth-order valence-corrected chi connectivity index (χ4v) is 1.99. The zero-order valence-electron chi connectivity index (χ0n) is 12.3. The van der Waals surface area contributed by atoms with Gasteiger partial charge in [-0.15, -0.1) is 0 Å². The number of benzene rings is 1. The highest BCUT2D eigenvalue weighted by atomic mass is 16.3. The van der Waals surface area contributed by atoms with E-state index < -0.39 is 0 Å². The third kappa shape index (κ3) is 6.04. The number of nitrogens with two attached hydrogens (primary N) is 1. The summed E-state index contributed by atoms with van der Waals surface area (Å²) in [6, 6.07) is 7.48. The molecule has 0 aliphatic rings. The van der Waals surface area contributed by atoms with E-state index in [9.17, 15) is 4.79 Å². The van der Waals surface area contributed by atoms with Crippen molar-refractivity contribution in [2.75, 3.05) is 30.7 Å². The van der Waals surface area contributed by atoms with Crippen molar-refractivity contribution in [2.45, 2.75) is 32.7 Å². The predicted molar refractivity (Wildman–Crippen MR) is 82.5 cm³/mol. The number of aliphatic hydroxyl groups excluding tert-OH is 1. The molecule has 0 aliphatic heterocycles. The van der Waals surface area contributed by atoms with Crippen molar-refractivity contribution in [1.29, 1.82) is 0 Å². The van der Waals surface area contributed by atoms with E-state index >= 15 is 0 Å². The maximum absolute atomic E-state index is 11.8. The predicted octanol–water partition coefficient (Wildman–Crippen LogP) is 1.69. The summed E-state index contributed by atoms with van der Waals surface area (Å²) in [7, 11) is 0. The lowest BCUT2D eigenvalue weighted by molar-refractivity contribution is -0.116. The Hall–Kier alpha value is -1.59. The second-order valence-electron chi connectivity index (χ2n) is 5.13. The smallest absolute Gasteiger partial charge is 0.224 e. The summed E-state index contributed by atoms with van der Waals surface area (Å²) in [6.45, 7) is 5.79. The summed E-state index contributed by atoms with van der Waals surface area (Å²) < 4.78 is 0. The minimum absolute atomic E-state index is 0.00229. The lowest BCUT2D eigenvalue weighted by Gasteiger charge is -2.25. The Bertz CT molecular complexity index is 404. The first-order valence-electron chi connectivity index (χ1n) is 7.03. The Morgan fingerprint density at radius 2 is 1.95 bits per heavy atom. The van der Waals surface area contributed by atoms with Crippen LogP contribution in [-0.4, -0.2) is 41.7 Å². The van der Waals surface area contributed by atoms with Crippen molar-refractivity contribution in [3.05, 3.63) is 24.3 Å². The molecule has 0 aromatic heterocycles. The highest BCUT2D eigenvalue weighted by Gasteiger charge is 2.09. The number of carbonyl (C=O) groups excluding carboxylic acids is 1. The van der Waals surface area contributed by atoms with Crippen LogP contribution in [0.1, 0.15) is 26.7 Å². The summed E-state index contributed by atoms with van der Waals surface area (Å²) in [4.78, 5) is 14.0. The molecule has 1 rings (SSSR count). The average Bonchev–Trinajstić information content (AvgIpc) is 2.40. The molecular weight excluding hydrogens is 254 g/mol. The fourth-order valence-electron chi connectivity index (χ4n) is 1.99. The Morgan fingerprint density at radius 3 is 2.50 bits per heavy atom. The molecule has 5 heteroatoms. The second kappa shape index (κ2) is 8.55. The number of nitrogens with one attached hydrogen (secondary N) is 1. The first-order chi connectivity index (χ1) is 9.52. The molecule has 5 nitrogen and oxygen atoms in total. The Balaban J connectivity index is 2.30. The SMILES string of the molecule is CC(C)N(CCO)CCCC(=O)Nc1ccc(N)cc1. The van der Waals surface area contributed by atoms with Crippen LogP contribution in [0.15, 0.2) is 24.3 Å². The van der Waals surface area contributed by atoms with Crippen molar-refractivity contribution in [1.82, 2.24) is 4.90 Å². The highest BCUT2D eigenvalue weighted by molar-refractivity contribution is 5.90. The van der Waals surface area contributed by atoms with Gasteiger partial charge in [-0.2, -0.15) is 0 Å². The van der Waals surface area contributed by atoms with Crippen molar-refractivity contribution in [2.24, 2.45) is 0 Å². The van der Waals surface area contributed by atoms with Crippen LogP contribution in [-0.2, 0) is 4.79 Å². The molecule has 0 saturated heterocycles. The van der Waals surface area contributed by atoms with Gasteiger partial charge in [-0.25, -0.2) is 0 Å². The number of anilines is 2. The molecule has 0 saturated carbocycles. The van der Waals surface area contributed by atoms with Gasteiger partial charge < -0.3 is 16.2 Å². The van der Waals surface area contributed by atoms with Gasteiger partial charge in [0.05, 0.1) is 6.61 Å². The quantitative estimate of drug-likeness (QED) is 0.633. The fraction of sp³-hybridized carbons (Fsp3) is 0.533. The van der Waals surface area contributed by atoms with Crippen LogP contribution < -0.4 is 11.1 Å². The highest BCUT2D eigenvalue weighted by Crippen LogP contribution is 2.11. The number of carbonyl (C=O) groups is 1. The molecule has 4 N–H and O–H groups in total. The van der Waals surface area contributed by atoms with Crippen LogP contribution in [0.3, 0.4) is 0 Å². The topological polar surface area (TPSA) is 78.6 Å². The van der Waals surface area contributed by atoms with Crippen LogP contribution >= 0.6 is 0 Å². The molecule has 112 valence electrons. The second-order valence-corrected chi connectivity index (χ2v) is 5.13. The van der Waals surface area contributed by atoms with Gasteiger partial charge in [0.1, 0.15) is 0 Å². The number of hydrogen-bond donors (Lipinski definition) is 3. The molecule has 0 heterocycles. The summed E-state index contributed by atoms with van der Waals surface area (Å²) in [5.41, 5.74) is 7.03. The van der Waals surface area contributed by atoms with Crippen LogP contribution in [0.25, 0.3) is 0 Å². The van der Waals surface area contributed by atoms with Crippen molar-refractivity contribution in [3.63, 3.8) is 0 Å². The average molecular weight is 279 g/mol. The molecule has 1 amide bonds. The van der Waals surface area contributed by atoms with Gasteiger partial charge in [-0.3, -0.25) is 9.69 Å². The van der Waals surface area contributed by atoms with Gasteiger partial charge in [-0.1, -0.05) is 0 Å². The number of aliphatic hydroxyl groups is 1. The third-order valence-electron chi connectivity index (χ3n) is 3.16. The maximum Gasteiger partial charge on any atom is 0.224 e. The molecule has 0 atom stereocenters. The van der Waals surface area contributed by atoms with E-state index in [1.165, 1.54) is 0 Å². The van der Waals surface area contributed by atoms with Crippen LogP contribution in [0.5, 0.6) is 0 Å². The molecule has 1 aromatic rings. The Morgan fingerprint density at radius 1 is 1.30 bits per heavy atom. The normalized spacial score (nSPS) is 11.1. The molecule has 0 fully saturated rings. The minimum atomic E-state index is 0.00229. The number of amides is 1. The molecule has 0 bridgehead atoms. The van der Waals surface area contributed by atoms with Crippen LogP contribution in [0.4, 0.5) is 11.4 Å². The van der Waals surface area contributed by atoms with Crippen LogP contribution in [0, 0.1) is 0 Å².